The van der Waals surface area contributed by atoms with Gasteiger partial charge in [-0.25, -0.2) is 4.79 Å². The van der Waals surface area contributed by atoms with Crippen LogP contribution in [0.25, 0.3) is 32.8 Å². The number of halogens is 1. The minimum absolute atomic E-state index is 0.285. The minimum atomic E-state index is -0.344. The Bertz CT molecular complexity index is 1810. The summed E-state index contributed by atoms with van der Waals surface area (Å²) in [6, 6.07) is 18.2. The van der Waals surface area contributed by atoms with E-state index < -0.39 is 0 Å². The molecule has 42 heavy (non-hydrogen) atoms. The number of aryl methyl sites for hydroxylation is 3. The lowest BCUT2D eigenvalue weighted by Gasteiger charge is -2.13. The molecule has 0 amide bonds. The Kier molecular flexibility index (Phi) is 8.05. The molecule has 0 fully saturated rings. The second kappa shape index (κ2) is 12.0. The Morgan fingerprint density at radius 2 is 1.88 bits per heavy atom. The smallest absolute Gasteiger partial charge is 0.355 e. The zero-order chi connectivity index (χ0) is 29.2. The van der Waals surface area contributed by atoms with Gasteiger partial charge in [0.25, 0.3) is 0 Å². The highest BCUT2D eigenvalue weighted by molar-refractivity contribution is 6.35. The van der Waals surface area contributed by atoms with Crippen LogP contribution in [-0.2, 0) is 36.1 Å². The predicted octanol–water partition coefficient (Wildman–Crippen LogP) is 7.43. The van der Waals surface area contributed by atoms with E-state index in [9.17, 15) is 4.79 Å². The van der Waals surface area contributed by atoms with Crippen molar-refractivity contribution in [3.05, 3.63) is 94.4 Å². The van der Waals surface area contributed by atoms with Gasteiger partial charge in [-0.3, -0.25) is 4.68 Å². The maximum Gasteiger partial charge on any atom is 0.355 e. The molecule has 1 aliphatic rings. The number of carbonyl (C=O) groups excluding carboxylic acids is 1. The first-order valence-electron chi connectivity index (χ1n) is 14.4. The van der Waals surface area contributed by atoms with Crippen molar-refractivity contribution >= 4 is 39.2 Å². The largest absolute Gasteiger partial charge is 0.493 e. The number of benzene rings is 3. The summed E-state index contributed by atoms with van der Waals surface area (Å²) >= 11 is 6.98. The van der Waals surface area contributed by atoms with Gasteiger partial charge in [-0.15, -0.1) is 0 Å². The topological polar surface area (TPSA) is 67.5 Å². The molecule has 0 atom stereocenters. The van der Waals surface area contributed by atoms with Crippen LogP contribution in [0.4, 0.5) is 0 Å². The van der Waals surface area contributed by atoms with Gasteiger partial charge in [0.15, 0.2) is 0 Å². The van der Waals surface area contributed by atoms with Crippen LogP contribution in [0.3, 0.4) is 0 Å². The van der Waals surface area contributed by atoms with Crippen LogP contribution in [0.1, 0.15) is 40.8 Å². The molecule has 2 aromatic heterocycles. The van der Waals surface area contributed by atoms with E-state index in [1.165, 1.54) is 0 Å². The van der Waals surface area contributed by atoms with Crippen LogP contribution >= 0.6 is 11.6 Å². The summed E-state index contributed by atoms with van der Waals surface area (Å²) in [6.07, 6.45) is 5.36. The first kappa shape index (κ1) is 28.1. The van der Waals surface area contributed by atoms with Gasteiger partial charge >= 0.3 is 5.97 Å². The van der Waals surface area contributed by atoms with Gasteiger partial charge in [-0.1, -0.05) is 66.2 Å². The Hall–Kier alpha value is -4.07. The van der Waals surface area contributed by atoms with Gasteiger partial charge in [0.05, 0.1) is 48.4 Å². The standard InChI is InChI=1S/C34H34ClN3O4/c1-4-41-34(39)33-25(14-10-20-42-29-15-9-12-23-11-5-6-13-24(23)29)26-16-17-27(35)31-30-22(2)36-37(3)28(30)21-40-19-8-7-18-38(33)32(26)31/h5-9,11-13,15-17H,4,10,14,18-21H2,1-3H3/b8-7-. The molecule has 3 heterocycles. The summed E-state index contributed by atoms with van der Waals surface area (Å²) in [6.45, 7) is 5.92. The van der Waals surface area contributed by atoms with Crippen molar-refractivity contribution in [2.45, 2.75) is 39.8 Å². The third kappa shape index (κ3) is 5.08. The SMILES string of the molecule is CCOC(=O)c1c(CCCOc2cccc3ccccc23)c2ccc(Cl)c3c2n1C/C=C\COCc1c-3c(C)nn1C. The number of nitrogens with zero attached hydrogens (tertiary/aromatic N) is 3. The summed E-state index contributed by atoms with van der Waals surface area (Å²) in [7, 11) is 1.92. The molecule has 5 aromatic rings. The Morgan fingerprint density at radius 3 is 2.74 bits per heavy atom. The molecule has 3 aromatic carbocycles. The summed E-state index contributed by atoms with van der Waals surface area (Å²) in [4.78, 5) is 13.6. The highest BCUT2D eigenvalue weighted by Crippen LogP contribution is 2.42. The molecular weight excluding hydrogens is 550 g/mol. The van der Waals surface area contributed by atoms with Gasteiger partial charge in [0.1, 0.15) is 11.4 Å². The second-order valence-electron chi connectivity index (χ2n) is 10.4. The number of aromatic nitrogens is 3. The van der Waals surface area contributed by atoms with Gasteiger partial charge in [-0.05, 0) is 49.8 Å². The Balaban J connectivity index is 1.46. The van der Waals surface area contributed by atoms with Gasteiger partial charge in [0, 0.05) is 35.5 Å². The van der Waals surface area contributed by atoms with Crippen molar-refractivity contribution in [3.63, 3.8) is 0 Å². The fourth-order valence-corrected chi connectivity index (χ4v) is 6.27. The fourth-order valence-electron chi connectivity index (χ4n) is 6.02. The van der Waals surface area contributed by atoms with Crippen molar-refractivity contribution in [3.8, 4) is 16.9 Å². The zero-order valence-electron chi connectivity index (χ0n) is 24.2. The third-order valence-corrected chi connectivity index (χ3v) is 8.14. The molecule has 8 heteroatoms. The summed E-state index contributed by atoms with van der Waals surface area (Å²) in [5.41, 5.74) is 5.98. The van der Waals surface area contributed by atoms with Crippen LogP contribution in [0.15, 0.2) is 66.7 Å². The highest BCUT2D eigenvalue weighted by atomic mass is 35.5. The van der Waals surface area contributed by atoms with Gasteiger partial charge < -0.3 is 18.8 Å². The van der Waals surface area contributed by atoms with Crippen molar-refractivity contribution in [1.29, 1.82) is 0 Å². The van der Waals surface area contributed by atoms with Crippen LogP contribution < -0.4 is 4.74 Å². The molecule has 0 saturated heterocycles. The molecule has 7 nitrogen and oxygen atoms in total. The van der Waals surface area contributed by atoms with Crippen molar-refractivity contribution < 1.29 is 19.0 Å². The van der Waals surface area contributed by atoms with Gasteiger partial charge in [-0.2, -0.15) is 5.10 Å². The average Bonchev–Trinajstić information content (AvgIpc) is 3.43. The van der Waals surface area contributed by atoms with Crippen LogP contribution in [0, 0.1) is 6.92 Å². The lowest BCUT2D eigenvalue weighted by molar-refractivity contribution is 0.0513. The summed E-state index contributed by atoms with van der Waals surface area (Å²) < 4.78 is 21.7. The van der Waals surface area contributed by atoms with E-state index in [1.807, 2.05) is 78.7 Å². The van der Waals surface area contributed by atoms with E-state index in [0.717, 1.165) is 55.5 Å². The highest BCUT2D eigenvalue weighted by Gasteiger charge is 2.29. The van der Waals surface area contributed by atoms with E-state index in [4.69, 9.17) is 30.9 Å². The minimum Gasteiger partial charge on any atom is -0.493 e. The monoisotopic (exact) mass is 583 g/mol. The Morgan fingerprint density at radius 1 is 1.05 bits per heavy atom. The molecule has 6 rings (SSSR count). The van der Waals surface area contributed by atoms with E-state index in [2.05, 4.69) is 18.2 Å². The van der Waals surface area contributed by atoms with Crippen molar-refractivity contribution in [2.75, 3.05) is 19.8 Å². The number of hydrogen-bond acceptors (Lipinski definition) is 5. The molecule has 0 radical (unpaired) electrons. The van der Waals surface area contributed by atoms with Crippen molar-refractivity contribution in [2.24, 2.45) is 7.05 Å². The average molecular weight is 584 g/mol. The number of esters is 1. The normalized spacial score (nSPS) is 14.0. The molecule has 0 aliphatic carbocycles. The molecule has 216 valence electrons. The van der Waals surface area contributed by atoms with E-state index in [0.29, 0.717) is 49.9 Å². The second-order valence-corrected chi connectivity index (χ2v) is 10.8. The Labute approximate surface area is 250 Å². The molecule has 0 saturated carbocycles. The lowest BCUT2D eigenvalue weighted by Crippen LogP contribution is -2.14. The lowest BCUT2D eigenvalue weighted by atomic mass is 9.98. The van der Waals surface area contributed by atoms with Gasteiger partial charge in [0.2, 0.25) is 0 Å². The quantitative estimate of drug-likeness (QED) is 0.113. The maximum atomic E-state index is 13.6. The molecule has 0 spiro atoms. The zero-order valence-corrected chi connectivity index (χ0v) is 24.9. The molecule has 0 unspecified atom stereocenters. The number of carbonyl (C=O) groups is 1. The molecule has 0 N–H and O–H groups in total. The van der Waals surface area contributed by atoms with E-state index in [1.54, 1.807) is 0 Å². The first-order chi connectivity index (χ1) is 20.5. The summed E-state index contributed by atoms with van der Waals surface area (Å²) in [5.74, 6) is 0.514. The summed E-state index contributed by atoms with van der Waals surface area (Å²) in [5, 5.41) is 8.51. The van der Waals surface area contributed by atoms with Crippen LogP contribution in [0.5, 0.6) is 5.75 Å². The van der Waals surface area contributed by atoms with E-state index >= 15 is 0 Å². The number of ether oxygens (including phenoxy) is 3. The van der Waals surface area contributed by atoms with Crippen LogP contribution in [0.2, 0.25) is 5.02 Å². The predicted molar refractivity (Wildman–Crippen MR) is 166 cm³/mol. The van der Waals surface area contributed by atoms with Crippen molar-refractivity contribution in [1.82, 2.24) is 14.3 Å². The fraction of sp³-hybridized carbons (Fsp3) is 0.294. The number of fused-ring (bicyclic) bond motifs is 3. The number of allylic oxidation sites excluding steroid dienone is 1. The number of hydrogen-bond donors (Lipinski definition) is 0. The molecule has 0 bridgehead atoms. The number of rotatable bonds is 7. The van der Waals surface area contributed by atoms with Crippen LogP contribution in [-0.4, -0.2) is 40.1 Å². The first-order valence-corrected chi connectivity index (χ1v) is 14.7. The third-order valence-electron chi connectivity index (χ3n) is 7.82. The molecule has 1 aliphatic heterocycles. The molecular formula is C34H34ClN3O4. The maximum absolute atomic E-state index is 13.6. The van der Waals surface area contributed by atoms with E-state index in [-0.39, 0.29) is 12.6 Å².